The molecule has 0 saturated heterocycles. The van der Waals surface area contributed by atoms with Gasteiger partial charge in [0.1, 0.15) is 22.8 Å². The van der Waals surface area contributed by atoms with E-state index in [4.69, 9.17) is 19.9 Å². The molecule has 0 amide bonds. The van der Waals surface area contributed by atoms with Gasteiger partial charge in [-0.15, -0.1) is 22.1 Å². The maximum absolute atomic E-state index is 4.89. The Morgan fingerprint density at radius 3 is 0.854 bits per heavy atom. The molecule has 2 aliphatic rings. The molecule has 7 aromatic heterocycles. The van der Waals surface area contributed by atoms with Gasteiger partial charge >= 0.3 is 21.1 Å². The SMILES string of the molecule is [Pt+2].c1cnc2c(n1)-c1cc3[n-]c(cc4nc(cc5[n-]c(cc-2n1)c1nccnc51)-c1nccnc1-4)c1nccnc31. The fourth-order valence-corrected chi connectivity index (χ4v) is 5.12. The number of aromatic nitrogens is 12. The average Bonchev–Trinajstić information content (AvgIpc) is 3.73. The van der Waals surface area contributed by atoms with Gasteiger partial charge in [-0.05, 0) is 24.3 Å². The second-order valence-corrected chi connectivity index (χ2v) is 9.12. The molecule has 0 saturated carbocycles. The number of fused-ring (bicyclic) bond motifs is 20. The molecule has 0 atom stereocenters. The van der Waals surface area contributed by atoms with E-state index in [9.17, 15) is 0 Å². The van der Waals surface area contributed by atoms with Crippen LogP contribution in [0.4, 0.5) is 0 Å². The average molecular weight is 712 g/mol. The minimum Gasteiger partial charge on any atom is -0.654 e. The Bertz CT molecular complexity index is 2040. The van der Waals surface area contributed by atoms with Crippen LogP contribution in [0.5, 0.6) is 0 Å². The van der Waals surface area contributed by atoms with Crippen molar-refractivity contribution in [3.8, 4) is 45.6 Å². The van der Waals surface area contributed by atoms with Gasteiger partial charge in [0.2, 0.25) is 0 Å². The molecule has 7 aromatic rings. The van der Waals surface area contributed by atoms with E-state index >= 15 is 0 Å². The maximum atomic E-state index is 4.89. The molecule has 194 valence electrons. The molecule has 0 spiro atoms. The van der Waals surface area contributed by atoms with Gasteiger partial charge in [-0.25, -0.2) is 9.97 Å². The number of rotatable bonds is 0. The van der Waals surface area contributed by atoms with Gasteiger partial charge in [0.15, 0.2) is 0 Å². The first-order valence-corrected chi connectivity index (χ1v) is 12.3. The van der Waals surface area contributed by atoms with Crippen molar-refractivity contribution in [3.63, 3.8) is 0 Å². The Balaban J connectivity index is 0.00000256. The zero-order chi connectivity index (χ0) is 26.2. The normalized spacial score (nSPS) is 11.7. The molecule has 13 heteroatoms. The molecule has 9 heterocycles. The summed E-state index contributed by atoms with van der Waals surface area (Å²) in [5, 5.41) is 0. The summed E-state index contributed by atoms with van der Waals surface area (Å²) < 4.78 is 0. The van der Waals surface area contributed by atoms with E-state index < -0.39 is 0 Å². The van der Waals surface area contributed by atoms with Gasteiger partial charge in [-0.2, -0.15) is 0 Å². The van der Waals surface area contributed by atoms with Crippen LogP contribution in [-0.2, 0) is 21.1 Å². The maximum Gasteiger partial charge on any atom is 2.00 e. The van der Waals surface area contributed by atoms with Crippen LogP contribution in [0.25, 0.3) is 89.7 Å². The van der Waals surface area contributed by atoms with Crippen LogP contribution in [0.1, 0.15) is 0 Å². The second-order valence-electron chi connectivity index (χ2n) is 9.12. The van der Waals surface area contributed by atoms with Crippen molar-refractivity contribution in [1.29, 1.82) is 0 Å². The van der Waals surface area contributed by atoms with Crippen molar-refractivity contribution in [3.05, 3.63) is 73.8 Å². The van der Waals surface area contributed by atoms with E-state index in [1.807, 2.05) is 24.3 Å². The van der Waals surface area contributed by atoms with E-state index in [1.54, 1.807) is 49.6 Å². The van der Waals surface area contributed by atoms with Crippen LogP contribution >= 0.6 is 0 Å². The fourth-order valence-electron chi connectivity index (χ4n) is 5.12. The Hall–Kier alpha value is -5.35. The van der Waals surface area contributed by atoms with Gasteiger partial charge in [0.25, 0.3) is 0 Å². The van der Waals surface area contributed by atoms with E-state index in [0.29, 0.717) is 89.7 Å². The van der Waals surface area contributed by atoms with Gasteiger partial charge in [-0.3, -0.25) is 39.9 Å². The van der Waals surface area contributed by atoms with Crippen LogP contribution in [-0.4, -0.2) is 49.8 Å². The van der Waals surface area contributed by atoms with Crippen molar-refractivity contribution in [2.75, 3.05) is 0 Å². The molecule has 0 unspecified atom stereocenters. The van der Waals surface area contributed by atoms with E-state index in [0.717, 1.165) is 0 Å². The van der Waals surface area contributed by atoms with Crippen LogP contribution in [0.15, 0.2) is 73.8 Å². The smallest absolute Gasteiger partial charge is 0.654 e. The molecule has 0 radical (unpaired) electrons. The van der Waals surface area contributed by atoms with Crippen molar-refractivity contribution in [2.24, 2.45) is 0 Å². The standard InChI is InChI=1S/C28H12N12.Pt/c1-2-30-22-14-10-16-24-26(34-6-5-32-24)18(39-16)12-20-28-27(35-7-8-36-28)19(40-20)11-17-25-23(31-3-4-33-25)15(38-17)9-13(37-14)21(22)29-1;/h1-12H;/q-2;+2. The fraction of sp³-hybridized carbons (Fsp3) is 0. The third kappa shape index (κ3) is 3.51. The minimum absolute atomic E-state index is 0. The van der Waals surface area contributed by atoms with Crippen molar-refractivity contribution < 1.29 is 21.1 Å². The first kappa shape index (κ1) is 23.5. The molecule has 0 aliphatic carbocycles. The number of nitrogens with zero attached hydrogens (tertiary/aromatic N) is 12. The summed E-state index contributed by atoms with van der Waals surface area (Å²) in [5.74, 6) is 0. The van der Waals surface area contributed by atoms with Gasteiger partial charge in [-0.1, -0.05) is 0 Å². The predicted molar refractivity (Wildman–Crippen MR) is 145 cm³/mol. The molecule has 0 fully saturated rings. The summed E-state index contributed by atoms with van der Waals surface area (Å²) in [4.78, 5) is 56.1. The summed E-state index contributed by atoms with van der Waals surface area (Å²) >= 11 is 0. The Morgan fingerprint density at radius 1 is 0.341 bits per heavy atom. The summed E-state index contributed by atoms with van der Waals surface area (Å²) in [6.07, 6.45) is 13.1. The quantitative estimate of drug-likeness (QED) is 0.225. The Labute approximate surface area is 243 Å². The zero-order valence-electron chi connectivity index (χ0n) is 20.6. The van der Waals surface area contributed by atoms with Crippen molar-refractivity contribution in [1.82, 2.24) is 59.8 Å². The zero-order valence-corrected chi connectivity index (χ0v) is 22.9. The molecular weight excluding hydrogens is 699 g/mol. The van der Waals surface area contributed by atoms with Gasteiger partial charge in [0, 0.05) is 49.6 Å². The molecule has 0 aromatic carbocycles. The predicted octanol–water partition coefficient (Wildman–Crippen LogP) is 3.70. The second kappa shape index (κ2) is 8.83. The van der Waals surface area contributed by atoms with E-state index in [2.05, 4.69) is 39.9 Å². The first-order valence-electron chi connectivity index (χ1n) is 12.3. The minimum atomic E-state index is 0. The van der Waals surface area contributed by atoms with E-state index in [1.165, 1.54) is 0 Å². The molecule has 0 N–H and O–H groups in total. The Morgan fingerprint density at radius 2 is 0.585 bits per heavy atom. The summed E-state index contributed by atoms with van der Waals surface area (Å²) in [7, 11) is 0. The largest absolute Gasteiger partial charge is 2.00 e. The van der Waals surface area contributed by atoms with Crippen LogP contribution in [0, 0.1) is 0 Å². The van der Waals surface area contributed by atoms with Crippen LogP contribution < -0.4 is 9.97 Å². The molecular formula is C28H12N12Pt. The van der Waals surface area contributed by atoms with Gasteiger partial charge in [0.05, 0.1) is 44.8 Å². The summed E-state index contributed by atoms with van der Waals surface area (Å²) in [6.45, 7) is 0. The third-order valence-electron chi connectivity index (χ3n) is 6.79. The van der Waals surface area contributed by atoms with Crippen molar-refractivity contribution in [2.45, 2.75) is 0 Å². The molecule has 8 bridgehead atoms. The summed E-state index contributed by atoms with van der Waals surface area (Å²) in [5.41, 5.74) is 9.98. The molecule has 9 rings (SSSR count). The van der Waals surface area contributed by atoms with Crippen molar-refractivity contribution >= 4 is 44.1 Å². The Kier molecular flexibility index (Phi) is 5.07. The monoisotopic (exact) mass is 711 g/mol. The number of hydrogen-bond donors (Lipinski definition) is 0. The van der Waals surface area contributed by atoms with E-state index in [-0.39, 0.29) is 21.1 Å². The molecule has 12 nitrogen and oxygen atoms in total. The van der Waals surface area contributed by atoms with Crippen LogP contribution in [0.3, 0.4) is 0 Å². The molecule has 41 heavy (non-hydrogen) atoms. The topological polar surface area (TPSA) is 157 Å². The molecule has 2 aliphatic heterocycles. The van der Waals surface area contributed by atoms with Gasteiger partial charge < -0.3 is 9.97 Å². The third-order valence-corrected chi connectivity index (χ3v) is 6.79. The first-order chi connectivity index (χ1) is 19.8. The summed E-state index contributed by atoms with van der Waals surface area (Å²) in [6, 6.07) is 7.41. The van der Waals surface area contributed by atoms with Crippen LogP contribution in [0.2, 0.25) is 0 Å². The number of hydrogen-bond acceptors (Lipinski definition) is 10.